The highest BCUT2D eigenvalue weighted by atomic mass is 19.1. The molecule has 0 spiro atoms. The zero-order valence-electron chi connectivity index (χ0n) is 13.4. The summed E-state index contributed by atoms with van der Waals surface area (Å²) in [5, 5.41) is 6.64. The van der Waals surface area contributed by atoms with Gasteiger partial charge in [-0.15, -0.1) is 0 Å². The summed E-state index contributed by atoms with van der Waals surface area (Å²) in [5.74, 6) is 1.43. The number of nitrogens with zero attached hydrogens (tertiary/aromatic N) is 1. The number of benzene rings is 1. The summed E-state index contributed by atoms with van der Waals surface area (Å²) in [7, 11) is 0. The van der Waals surface area contributed by atoms with Gasteiger partial charge < -0.3 is 10.6 Å². The van der Waals surface area contributed by atoms with Crippen LogP contribution in [0.3, 0.4) is 0 Å². The highest BCUT2D eigenvalue weighted by Crippen LogP contribution is 2.34. The fraction of sp³-hybridized carbons (Fsp3) is 0.526. The molecule has 0 unspecified atom stereocenters. The molecule has 0 aromatic heterocycles. The molecule has 0 bridgehead atoms. The largest absolute Gasteiger partial charge is 0.353 e. The molecule has 23 heavy (non-hydrogen) atoms. The van der Waals surface area contributed by atoms with E-state index in [1.807, 2.05) is 0 Å². The maximum Gasteiger partial charge on any atom is 0.195 e. The van der Waals surface area contributed by atoms with Crippen molar-refractivity contribution in [1.29, 1.82) is 0 Å². The molecule has 0 radical (unpaired) electrons. The first-order valence-corrected chi connectivity index (χ1v) is 8.79. The molecule has 3 nitrogen and oxygen atoms in total. The van der Waals surface area contributed by atoms with Gasteiger partial charge in [-0.05, 0) is 61.1 Å². The number of halogens is 1. The lowest BCUT2D eigenvalue weighted by atomic mass is 9.83. The van der Waals surface area contributed by atoms with Crippen molar-refractivity contribution in [3.05, 3.63) is 41.6 Å². The van der Waals surface area contributed by atoms with Gasteiger partial charge in [-0.3, -0.25) is 0 Å². The van der Waals surface area contributed by atoms with E-state index < -0.39 is 6.17 Å². The zero-order valence-corrected chi connectivity index (χ0v) is 13.4. The van der Waals surface area contributed by atoms with E-state index in [9.17, 15) is 4.39 Å². The number of nitrogens with one attached hydrogen (secondary N) is 2. The van der Waals surface area contributed by atoms with Gasteiger partial charge in [0.2, 0.25) is 0 Å². The third kappa shape index (κ3) is 3.57. The van der Waals surface area contributed by atoms with Gasteiger partial charge in [-0.1, -0.05) is 24.3 Å². The number of alkyl halides is 1. The van der Waals surface area contributed by atoms with Crippen LogP contribution < -0.4 is 10.6 Å². The van der Waals surface area contributed by atoms with Crippen LogP contribution in [0.4, 0.5) is 4.39 Å². The molecule has 1 heterocycles. The molecule has 0 amide bonds. The Balaban J connectivity index is 1.37. The Morgan fingerprint density at radius 1 is 1.00 bits per heavy atom. The third-order valence-corrected chi connectivity index (χ3v) is 5.12. The van der Waals surface area contributed by atoms with E-state index in [2.05, 4.69) is 46.1 Å². The molecule has 2 aliphatic carbocycles. The second-order valence-electron chi connectivity index (χ2n) is 6.97. The van der Waals surface area contributed by atoms with Crippen molar-refractivity contribution in [3.8, 4) is 0 Å². The van der Waals surface area contributed by atoms with Gasteiger partial charge in [0.15, 0.2) is 5.96 Å². The van der Waals surface area contributed by atoms with Gasteiger partial charge in [0.25, 0.3) is 0 Å². The molecule has 1 aromatic carbocycles. The number of aliphatic imine (C=N–C) groups is 1. The quantitative estimate of drug-likeness (QED) is 0.892. The van der Waals surface area contributed by atoms with Crippen LogP contribution in [0.5, 0.6) is 0 Å². The van der Waals surface area contributed by atoms with Crippen molar-refractivity contribution >= 4 is 11.5 Å². The van der Waals surface area contributed by atoms with Gasteiger partial charge in [-0.2, -0.15) is 0 Å². The van der Waals surface area contributed by atoms with Crippen molar-refractivity contribution in [2.75, 3.05) is 6.54 Å². The molecule has 4 rings (SSSR count). The summed E-state index contributed by atoms with van der Waals surface area (Å²) in [5.41, 5.74) is 3.78. The molecule has 2 fully saturated rings. The SMILES string of the molecule is FC1CCC(c2ccc(C3=CNC(NC4CC4)=NC3)cc2)CC1. The Kier molecular flexibility index (Phi) is 4.06. The maximum absolute atomic E-state index is 13.3. The van der Waals surface area contributed by atoms with Crippen molar-refractivity contribution in [2.45, 2.75) is 56.7 Å². The minimum absolute atomic E-state index is 0.530. The highest BCUT2D eigenvalue weighted by molar-refractivity contribution is 5.86. The van der Waals surface area contributed by atoms with E-state index in [4.69, 9.17) is 0 Å². The Morgan fingerprint density at radius 2 is 1.74 bits per heavy atom. The van der Waals surface area contributed by atoms with Crippen molar-refractivity contribution in [1.82, 2.24) is 10.6 Å². The molecule has 122 valence electrons. The van der Waals surface area contributed by atoms with Crippen molar-refractivity contribution < 1.29 is 4.39 Å². The lowest BCUT2D eigenvalue weighted by Crippen LogP contribution is -2.37. The van der Waals surface area contributed by atoms with E-state index in [0.717, 1.165) is 18.8 Å². The number of rotatable bonds is 3. The van der Waals surface area contributed by atoms with E-state index in [1.54, 1.807) is 0 Å². The Morgan fingerprint density at radius 3 is 2.35 bits per heavy atom. The molecular weight excluding hydrogens is 289 g/mol. The Bertz CT molecular complexity index is 608. The number of hydrogen-bond donors (Lipinski definition) is 2. The van der Waals surface area contributed by atoms with Crippen LogP contribution in [0.25, 0.3) is 5.57 Å². The number of hydrogen-bond acceptors (Lipinski definition) is 3. The van der Waals surface area contributed by atoms with E-state index in [0.29, 0.717) is 31.3 Å². The van der Waals surface area contributed by atoms with Crippen molar-refractivity contribution in [2.24, 2.45) is 4.99 Å². The lowest BCUT2D eigenvalue weighted by Gasteiger charge is -2.24. The summed E-state index contributed by atoms with van der Waals surface area (Å²) in [6.45, 7) is 0.717. The van der Waals surface area contributed by atoms with Crippen LogP contribution in [0.2, 0.25) is 0 Å². The van der Waals surface area contributed by atoms with E-state index in [1.165, 1.54) is 29.5 Å². The fourth-order valence-corrected chi connectivity index (χ4v) is 3.45. The summed E-state index contributed by atoms with van der Waals surface area (Å²) >= 11 is 0. The molecule has 2 saturated carbocycles. The van der Waals surface area contributed by atoms with E-state index in [-0.39, 0.29) is 0 Å². The average molecular weight is 313 g/mol. The molecule has 1 aromatic rings. The normalized spacial score (nSPS) is 27.7. The summed E-state index contributed by atoms with van der Waals surface area (Å²) in [6.07, 6.45) is 7.36. The number of guanidine groups is 1. The summed E-state index contributed by atoms with van der Waals surface area (Å²) in [4.78, 5) is 4.57. The van der Waals surface area contributed by atoms with Gasteiger partial charge in [0.1, 0.15) is 6.17 Å². The zero-order chi connectivity index (χ0) is 15.6. The van der Waals surface area contributed by atoms with E-state index >= 15 is 0 Å². The van der Waals surface area contributed by atoms with Crippen LogP contribution in [0, 0.1) is 0 Å². The minimum atomic E-state index is -0.583. The smallest absolute Gasteiger partial charge is 0.195 e. The Labute approximate surface area is 137 Å². The van der Waals surface area contributed by atoms with Gasteiger partial charge in [0.05, 0.1) is 6.54 Å². The van der Waals surface area contributed by atoms with Gasteiger partial charge in [-0.25, -0.2) is 9.38 Å². The van der Waals surface area contributed by atoms with Crippen molar-refractivity contribution in [3.63, 3.8) is 0 Å². The van der Waals surface area contributed by atoms with Crippen LogP contribution in [0.15, 0.2) is 35.5 Å². The van der Waals surface area contributed by atoms with Crippen LogP contribution in [-0.2, 0) is 0 Å². The Hall–Kier alpha value is -1.84. The van der Waals surface area contributed by atoms with Crippen LogP contribution >= 0.6 is 0 Å². The monoisotopic (exact) mass is 313 g/mol. The average Bonchev–Trinajstić information content (AvgIpc) is 3.41. The lowest BCUT2D eigenvalue weighted by molar-refractivity contribution is 0.235. The molecule has 0 saturated heterocycles. The fourth-order valence-electron chi connectivity index (χ4n) is 3.45. The summed E-state index contributed by atoms with van der Waals surface area (Å²) < 4.78 is 13.3. The predicted octanol–water partition coefficient (Wildman–Crippen LogP) is 3.73. The minimum Gasteiger partial charge on any atom is -0.353 e. The maximum atomic E-state index is 13.3. The molecule has 2 N–H and O–H groups in total. The summed E-state index contributed by atoms with van der Waals surface area (Å²) in [6, 6.07) is 9.40. The van der Waals surface area contributed by atoms with Crippen LogP contribution in [0.1, 0.15) is 55.6 Å². The molecule has 4 heteroatoms. The molecule has 3 aliphatic rings. The second-order valence-corrected chi connectivity index (χ2v) is 6.97. The highest BCUT2D eigenvalue weighted by Gasteiger charge is 2.23. The first kappa shape index (κ1) is 14.7. The third-order valence-electron chi connectivity index (χ3n) is 5.12. The first-order chi connectivity index (χ1) is 11.3. The topological polar surface area (TPSA) is 36.4 Å². The molecule has 0 atom stereocenters. The van der Waals surface area contributed by atoms with Gasteiger partial charge in [0, 0.05) is 12.2 Å². The van der Waals surface area contributed by atoms with Crippen LogP contribution in [-0.4, -0.2) is 24.7 Å². The predicted molar refractivity (Wildman–Crippen MR) is 92.1 cm³/mol. The molecular formula is C19H24FN3. The van der Waals surface area contributed by atoms with Gasteiger partial charge >= 0.3 is 0 Å². The first-order valence-electron chi connectivity index (χ1n) is 8.79. The second kappa shape index (κ2) is 6.34. The standard InChI is InChI=1S/C19H24FN3/c20-17-7-5-14(6-8-17)13-1-3-15(4-2-13)16-11-21-19(22-12-16)23-18-9-10-18/h1-4,11,14,17-18H,5-10,12H2,(H2,21,22,23). The molecule has 1 aliphatic heterocycles.